The second kappa shape index (κ2) is 15.9. The molecule has 0 aliphatic carbocycles. The Bertz CT molecular complexity index is 113. The number of halogens is 3. The Kier molecular flexibility index (Phi) is 25.4. The van der Waals surface area contributed by atoms with Crippen molar-refractivity contribution in [1.82, 2.24) is 0 Å². The van der Waals surface area contributed by atoms with Crippen LogP contribution in [0.25, 0.3) is 0 Å². The molecule has 0 fully saturated rings. The third-order valence-electron chi connectivity index (χ3n) is 0.655. The number of alkyl halides is 3. The summed E-state index contributed by atoms with van der Waals surface area (Å²) >= 11 is 0. The van der Waals surface area contributed by atoms with Crippen LogP contribution in [0, 0.1) is 5.92 Å². The van der Waals surface area contributed by atoms with Crippen LogP contribution < -0.4 is 0 Å². The highest BCUT2D eigenvalue weighted by Gasteiger charge is 2.31. The molecule has 0 heterocycles. The van der Waals surface area contributed by atoms with Gasteiger partial charge in [-0.1, -0.05) is 41.5 Å². The molecule has 0 bridgehead atoms. The van der Waals surface area contributed by atoms with E-state index in [9.17, 15) is 18.0 Å². The van der Waals surface area contributed by atoms with Crippen molar-refractivity contribution in [1.29, 1.82) is 0 Å². The Hall–Kier alpha value is -0.540. The van der Waals surface area contributed by atoms with Crippen molar-refractivity contribution in [3.05, 3.63) is 0 Å². The minimum atomic E-state index is -4.00. The predicted molar refractivity (Wildman–Crippen MR) is 59.9 cm³/mol. The van der Waals surface area contributed by atoms with Gasteiger partial charge in [-0.2, -0.15) is 13.2 Å². The molecule has 0 spiro atoms. The molecule has 1 nitrogen and oxygen atoms in total. The second-order valence-corrected chi connectivity index (χ2v) is 2.60. The van der Waals surface area contributed by atoms with E-state index in [1.165, 1.54) is 13.8 Å². The zero-order valence-electron chi connectivity index (χ0n) is 11.1. The average Bonchev–Trinajstić information content (AvgIpc) is 2.08. The first-order valence-electron chi connectivity index (χ1n) is 5.21. The number of hydrogen-bond acceptors (Lipinski definition) is 1. The second-order valence-electron chi connectivity index (χ2n) is 2.60. The lowest BCUT2D eigenvalue weighted by molar-refractivity contribution is -0.164. The van der Waals surface area contributed by atoms with Gasteiger partial charge >= 0.3 is 6.18 Å². The van der Waals surface area contributed by atoms with Crippen LogP contribution >= 0.6 is 0 Å². The van der Waals surface area contributed by atoms with Crippen LogP contribution in [0.2, 0.25) is 0 Å². The third-order valence-corrected chi connectivity index (χ3v) is 0.655. The summed E-state index contributed by atoms with van der Waals surface area (Å²) in [5.41, 5.74) is 0. The zero-order valence-corrected chi connectivity index (χ0v) is 11.1. The molecule has 4 heteroatoms. The quantitative estimate of drug-likeness (QED) is 0.581. The molecule has 0 aromatic heterocycles. The van der Waals surface area contributed by atoms with Crippen LogP contribution in [-0.2, 0) is 4.79 Å². The van der Waals surface area contributed by atoms with Crippen molar-refractivity contribution < 1.29 is 18.0 Å². The van der Waals surface area contributed by atoms with E-state index in [1.54, 1.807) is 0 Å². The van der Waals surface area contributed by atoms with Crippen LogP contribution in [0.4, 0.5) is 13.2 Å². The molecule has 96 valence electrons. The molecule has 0 amide bonds. The van der Waals surface area contributed by atoms with Gasteiger partial charge in [0, 0.05) is 5.92 Å². The van der Waals surface area contributed by atoms with Gasteiger partial charge in [-0.15, -0.1) is 0 Å². The van der Waals surface area contributed by atoms with E-state index in [1.807, 2.05) is 27.7 Å². The van der Waals surface area contributed by atoms with Crippen LogP contribution in [-0.4, -0.2) is 12.0 Å². The minimum absolute atomic E-state index is 0.167. The van der Waals surface area contributed by atoms with Crippen molar-refractivity contribution in [2.75, 3.05) is 0 Å². The maximum absolute atomic E-state index is 11.2. The summed E-state index contributed by atoms with van der Waals surface area (Å²) in [6, 6.07) is 0. The van der Waals surface area contributed by atoms with E-state index in [0.717, 1.165) is 13.8 Å². The molecular formula is C11H25F3O. The molecule has 0 unspecified atom stereocenters. The highest BCUT2D eigenvalue weighted by molar-refractivity contribution is 5.72. The van der Waals surface area contributed by atoms with Crippen molar-refractivity contribution in [2.24, 2.45) is 5.92 Å². The molecular weight excluding hydrogens is 205 g/mol. The van der Waals surface area contributed by atoms with E-state index in [-0.39, 0.29) is 5.78 Å². The van der Waals surface area contributed by atoms with E-state index in [2.05, 4.69) is 0 Å². The van der Waals surface area contributed by atoms with Gasteiger partial charge in [0.25, 0.3) is 0 Å². The molecule has 0 N–H and O–H groups in total. The Morgan fingerprint density at radius 1 is 0.933 bits per heavy atom. The van der Waals surface area contributed by atoms with E-state index < -0.39 is 12.1 Å². The van der Waals surface area contributed by atoms with Crippen LogP contribution in [0.1, 0.15) is 55.4 Å². The van der Waals surface area contributed by atoms with Crippen LogP contribution in [0.15, 0.2) is 0 Å². The third kappa shape index (κ3) is 59.3. The van der Waals surface area contributed by atoms with E-state index >= 15 is 0 Å². The molecule has 0 saturated carbocycles. The van der Waals surface area contributed by atoms with Crippen LogP contribution in [0.5, 0.6) is 0 Å². The fourth-order valence-corrected chi connectivity index (χ4v) is 0. The predicted octanol–water partition coefficient (Wildman–Crippen LogP) is 4.85. The molecule has 0 aromatic rings. The van der Waals surface area contributed by atoms with Crippen molar-refractivity contribution in [3.8, 4) is 0 Å². The smallest absolute Gasteiger partial charge is 0.300 e. The first kappa shape index (κ1) is 23.9. The maximum Gasteiger partial charge on any atom is 0.391 e. The van der Waals surface area contributed by atoms with Gasteiger partial charge in [-0.05, 0) is 13.8 Å². The first-order chi connectivity index (χ1) is 6.68. The Morgan fingerprint density at radius 2 is 1.00 bits per heavy atom. The summed E-state index contributed by atoms with van der Waals surface area (Å²) in [6.45, 7) is 13.3. The fourth-order valence-electron chi connectivity index (χ4n) is 0. The topological polar surface area (TPSA) is 17.1 Å². The number of carbonyl (C=O) groups is 1. The standard InChI is InChI=1S/C4H7F3.C3H6O.2C2H6/c1-3(2)4(5,6)7;1-3(2)4;2*1-2/h3H,1-2H3;1-2H3;2*1-2H3. The highest BCUT2D eigenvalue weighted by Crippen LogP contribution is 2.24. The first-order valence-corrected chi connectivity index (χ1v) is 5.21. The lowest BCUT2D eigenvalue weighted by Crippen LogP contribution is -2.15. The fraction of sp³-hybridized carbons (Fsp3) is 0.909. The lowest BCUT2D eigenvalue weighted by Gasteiger charge is -2.07. The van der Waals surface area contributed by atoms with Crippen LogP contribution in [0.3, 0.4) is 0 Å². The number of hydrogen-bond donors (Lipinski definition) is 0. The van der Waals surface area contributed by atoms with Crippen molar-refractivity contribution >= 4 is 5.78 Å². The van der Waals surface area contributed by atoms with E-state index in [4.69, 9.17) is 0 Å². The molecule has 0 atom stereocenters. The lowest BCUT2D eigenvalue weighted by atomic mass is 10.2. The van der Waals surface area contributed by atoms with Gasteiger partial charge in [0.1, 0.15) is 5.78 Å². The summed E-state index contributed by atoms with van der Waals surface area (Å²) < 4.78 is 33.5. The normalized spacial score (nSPS) is 8.53. The summed E-state index contributed by atoms with van der Waals surface area (Å²) in [5, 5.41) is 0. The largest absolute Gasteiger partial charge is 0.391 e. The number of ketones is 1. The molecule has 15 heavy (non-hydrogen) atoms. The zero-order chi connectivity index (χ0) is 13.7. The molecule has 0 saturated heterocycles. The monoisotopic (exact) mass is 230 g/mol. The summed E-state index contributed by atoms with van der Waals surface area (Å²) in [4.78, 5) is 9.44. The Balaban J connectivity index is -0.0000000647. The summed E-state index contributed by atoms with van der Waals surface area (Å²) in [7, 11) is 0. The summed E-state index contributed by atoms with van der Waals surface area (Å²) in [6.07, 6.45) is -4.00. The molecule has 0 aliphatic heterocycles. The number of carbonyl (C=O) groups excluding carboxylic acids is 1. The average molecular weight is 230 g/mol. The molecule has 0 rings (SSSR count). The van der Waals surface area contributed by atoms with E-state index in [0.29, 0.717) is 0 Å². The maximum atomic E-state index is 11.2. The number of rotatable bonds is 0. The van der Waals surface area contributed by atoms with Gasteiger partial charge in [0.05, 0.1) is 0 Å². The summed E-state index contributed by atoms with van der Waals surface area (Å²) in [5.74, 6) is -1.03. The SMILES string of the molecule is CC.CC.CC(C)=O.CC(C)C(F)(F)F. The molecule has 0 aromatic carbocycles. The van der Waals surface area contributed by atoms with Crippen molar-refractivity contribution in [2.45, 2.75) is 61.6 Å². The number of Topliss-reactive ketones (excluding diaryl/α,β-unsaturated/α-hetero) is 1. The Morgan fingerprint density at radius 3 is 1.00 bits per heavy atom. The van der Waals surface area contributed by atoms with Crippen molar-refractivity contribution in [3.63, 3.8) is 0 Å². The van der Waals surface area contributed by atoms with Gasteiger partial charge < -0.3 is 4.79 Å². The van der Waals surface area contributed by atoms with Gasteiger partial charge in [-0.3, -0.25) is 0 Å². The minimum Gasteiger partial charge on any atom is -0.300 e. The molecule has 0 aliphatic rings. The van der Waals surface area contributed by atoms with Gasteiger partial charge in [-0.25, -0.2) is 0 Å². The van der Waals surface area contributed by atoms with Gasteiger partial charge in [0.15, 0.2) is 0 Å². The van der Waals surface area contributed by atoms with Gasteiger partial charge in [0.2, 0.25) is 0 Å². The highest BCUT2D eigenvalue weighted by atomic mass is 19.4. The molecule has 0 radical (unpaired) electrons. The Labute approximate surface area is 92.1 Å².